The molecule has 59 heavy (non-hydrogen) atoms. The Bertz CT molecular complexity index is 1880. The van der Waals surface area contributed by atoms with Gasteiger partial charge in [0, 0.05) is 6.42 Å². The third-order valence-electron chi connectivity index (χ3n) is 10.4. The highest BCUT2D eigenvalue weighted by Crippen LogP contribution is 2.36. The van der Waals surface area contributed by atoms with Crippen molar-refractivity contribution >= 4 is 11.8 Å². The average Bonchev–Trinajstić information content (AvgIpc) is 3.28. The van der Waals surface area contributed by atoms with Crippen molar-refractivity contribution in [1.82, 2.24) is 0 Å². The Hall–Kier alpha value is -3.91. The molecule has 0 amide bonds. The fourth-order valence-corrected chi connectivity index (χ4v) is 8.28. The van der Waals surface area contributed by atoms with Crippen molar-refractivity contribution in [2.24, 2.45) is 0 Å². The second-order valence-corrected chi connectivity index (χ2v) is 16.2. The van der Waals surface area contributed by atoms with Crippen LogP contribution in [-0.2, 0) is 70.9 Å². The first-order valence-corrected chi connectivity index (χ1v) is 21.6. The van der Waals surface area contributed by atoms with Gasteiger partial charge in [0.25, 0.3) is 0 Å². The normalized spacial score (nSPS) is 25.8. The summed E-state index contributed by atoms with van der Waals surface area (Å²) in [5.41, 5.74) is 4.93. The average molecular weight is 821 g/mol. The summed E-state index contributed by atoms with van der Waals surface area (Å²) in [7, 11) is 0. The summed E-state index contributed by atoms with van der Waals surface area (Å²) in [6.45, 7) is 4.14. The Morgan fingerprint density at radius 2 is 0.932 bits per heavy atom. The van der Waals surface area contributed by atoms with E-state index in [9.17, 15) is 5.11 Å². The van der Waals surface area contributed by atoms with E-state index in [2.05, 4.69) is 19.1 Å². The summed E-state index contributed by atoms with van der Waals surface area (Å²) >= 11 is 1.74. The van der Waals surface area contributed by atoms with Crippen molar-refractivity contribution in [2.45, 2.75) is 101 Å². The predicted molar refractivity (Wildman–Crippen MR) is 228 cm³/mol. The number of hydrogen-bond donors (Lipinski definition) is 1. The third kappa shape index (κ3) is 13.0. The number of rotatable bonds is 21. The van der Waals surface area contributed by atoms with Crippen molar-refractivity contribution in [3.05, 3.63) is 179 Å². The fourth-order valence-electron chi connectivity index (χ4n) is 7.36. The molecule has 2 aliphatic heterocycles. The summed E-state index contributed by atoms with van der Waals surface area (Å²) in [5.74, 6) is 0.878. The number of aliphatic hydroxyl groups is 1. The molecule has 1 N–H and O–H groups in total. The van der Waals surface area contributed by atoms with Crippen molar-refractivity contribution in [3.63, 3.8) is 0 Å². The maximum atomic E-state index is 12.1. The minimum atomic E-state index is -1.10. The van der Waals surface area contributed by atoms with Gasteiger partial charge in [0.05, 0.1) is 52.4 Å². The maximum absolute atomic E-state index is 12.1. The molecule has 0 aliphatic carbocycles. The van der Waals surface area contributed by atoms with Crippen LogP contribution in [0.4, 0.5) is 0 Å². The van der Waals surface area contributed by atoms with Crippen LogP contribution >= 0.6 is 11.8 Å². The lowest BCUT2D eigenvalue weighted by Gasteiger charge is -2.48. The number of aliphatic hydroxyl groups excluding tert-OH is 1. The summed E-state index contributed by atoms with van der Waals surface area (Å²) in [6, 6.07) is 50.0. The van der Waals surface area contributed by atoms with Crippen LogP contribution in [0, 0.1) is 0 Å². The van der Waals surface area contributed by atoms with Crippen LogP contribution in [-0.4, -0.2) is 78.5 Å². The van der Waals surface area contributed by atoms with Crippen LogP contribution in [0.15, 0.2) is 152 Å². The zero-order valence-corrected chi connectivity index (χ0v) is 34.4. The molecule has 0 bridgehead atoms. The first-order valence-electron chi connectivity index (χ1n) is 20.6. The highest BCUT2D eigenvalue weighted by atomic mass is 32.2. The molecule has 0 unspecified atom stereocenters. The smallest absolute Gasteiger partial charge is 0.187 e. The van der Waals surface area contributed by atoms with Crippen molar-refractivity contribution in [1.29, 1.82) is 0 Å². The van der Waals surface area contributed by atoms with E-state index in [1.54, 1.807) is 11.8 Å². The topological polar surface area (TPSA) is 94.1 Å². The number of thioether (sulfide) groups is 1. The van der Waals surface area contributed by atoms with E-state index in [1.807, 2.05) is 140 Å². The summed E-state index contributed by atoms with van der Waals surface area (Å²) in [5, 5.41) is 12.1. The number of ether oxygens (including phenoxy) is 8. The Balaban J connectivity index is 1.19. The number of benzene rings is 5. The third-order valence-corrected chi connectivity index (χ3v) is 11.4. The lowest BCUT2D eigenvalue weighted by molar-refractivity contribution is -0.348. The zero-order valence-electron chi connectivity index (χ0n) is 33.6. The Labute approximate surface area is 352 Å². The lowest BCUT2D eigenvalue weighted by Crippen LogP contribution is -2.63. The van der Waals surface area contributed by atoms with Crippen LogP contribution < -0.4 is 0 Å². The van der Waals surface area contributed by atoms with E-state index < -0.39 is 42.9 Å². The van der Waals surface area contributed by atoms with Crippen LogP contribution in [0.2, 0.25) is 0 Å². The maximum Gasteiger partial charge on any atom is 0.187 e. The van der Waals surface area contributed by atoms with Crippen molar-refractivity contribution in [3.8, 4) is 0 Å². The standard InChI is InChI=1S/C49H56O9S/c1-2-59-44-28-41(53-31-38-22-12-5-13-23-38)46(43(56-44)35-52-30-37-20-10-4-11-21-37)58-49-48(55-33-40-26-16-7-17-27-40)47(54-32-39-24-14-6-15-25-39)45(50)42(57-49)34-51-29-36-18-8-3-9-19-36/h3-27,41-50H,2,28-35H2,1H3/t41-,42-,43-,44+,45-,46+,47+,48-,49-/m1/s1. The Kier molecular flexibility index (Phi) is 17.0. The molecular formula is C49H56O9S. The summed E-state index contributed by atoms with van der Waals surface area (Å²) in [6.07, 6.45) is -5.53. The largest absolute Gasteiger partial charge is 0.387 e. The van der Waals surface area contributed by atoms with E-state index in [1.165, 1.54) is 0 Å². The minimum absolute atomic E-state index is 0.0977. The Morgan fingerprint density at radius 3 is 1.41 bits per heavy atom. The van der Waals surface area contributed by atoms with Crippen LogP contribution in [0.1, 0.15) is 41.2 Å². The number of hydrogen-bond acceptors (Lipinski definition) is 10. The van der Waals surface area contributed by atoms with E-state index in [4.69, 9.17) is 37.9 Å². The molecule has 5 aromatic carbocycles. The first kappa shape index (κ1) is 43.2. The van der Waals surface area contributed by atoms with Gasteiger partial charge in [-0.15, -0.1) is 11.8 Å². The second-order valence-electron chi connectivity index (χ2n) is 14.8. The molecule has 0 spiro atoms. The molecule has 0 saturated carbocycles. The van der Waals surface area contributed by atoms with E-state index in [0.29, 0.717) is 26.2 Å². The molecule has 9 atom stereocenters. The van der Waals surface area contributed by atoms with Gasteiger partial charge in [-0.1, -0.05) is 159 Å². The van der Waals surface area contributed by atoms with Gasteiger partial charge >= 0.3 is 0 Å². The molecule has 0 radical (unpaired) electrons. The first-order chi connectivity index (χ1) is 29.1. The molecular weight excluding hydrogens is 765 g/mol. The highest BCUT2D eigenvalue weighted by molar-refractivity contribution is 7.99. The predicted octanol–water partition coefficient (Wildman–Crippen LogP) is 8.52. The quantitative estimate of drug-likeness (QED) is 0.0777. The molecule has 2 fully saturated rings. The molecule has 0 aromatic heterocycles. The van der Waals surface area contributed by atoms with Crippen molar-refractivity contribution < 1.29 is 43.0 Å². The molecule has 2 saturated heterocycles. The molecule has 312 valence electrons. The van der Waals surface area contributed by atoms with Gasteiger partial charge in [0.15, 0.2) is 6.29 Å². The van der Waals surface area contributed by atoms with E-state index in [-0.39, 0.29) is 38.0 Å². The molecule has 2 aliphatic rings. The molecule has 5 aromatic rings. The zero-order chi connectivity index (χ0) is 40.5. The monoisotopic (exact) mass is 820 g/mol. The van der Waals surface area contributed by atoms with Gasteiger partial charge in [-0.05, 0) is 33.6 Å². The van der Waals surface area contributed by atoms with Crippen LogP contribution in [0.5, 0.6) is 0 Å². The van der Waals surface area contributed by atoms with E-state index >= 15 is 0 Å². The highest BCUT2D eigenvalue weighted by Gasteiger charge is 2.51. The second kappa shape index (κ2) is 23.2. The van der Waals surface area contributed by atoms with Gasteiger partial charge < -0.3 is 43.0 Å². The van der Waals surface area contributed by atoms with Gasteiger partial charge in [-0.25, -0.2) is 0 Å². The minimum Gasteiger partial charge on any atom is -0.387 e. The van der Waals surface area contributed by atoms with E-state index in [0.717, 1.165) is 33.6 Å². The molecule has 9 nitrogen and oxygen atoms in total. The summed E-state index contributed by atoms with van der Waals surface area (Å²) in [4.78, 5) is 0. The molecule has 7 rings (SSSR count). The summed E-state index contributed by atoms with van der Waals surface area (Å²) < 4.78 is 53.4. The van der Waals surface area contributed by atoms with Gasteiger partial charge in [0.2, 0.25) is 0 Å². The van der Waals surface area contributed by atoms with Crippen LogP contribution in [0.25, 0.3) is 0 Å². The lowest BCUT2D eigenvalue weighted by atomic mass is 9.97. The van der Waals surface area contributed by atoms with Crippen molar-refractivity contribution in [2.75, 3.05) is 19.0 Å². The van der Waals surface area contributed by atoms with Gasteiger partial charge in [0.1, 0.15) is 42.1 Å². The van der Waals surface area contributed by atoms with Gasteiger partial charge in [-0.3, -0.25) is 0 Å². The fraction of sp³-hybridized carbons (Fsp3) is 0.388. The molecule has 10 heteroatoms. The van der Waals surface area contributed by atoms with Gasteiger partial charge in [-0.2, -0.15) is 0 Å². The molecule has 2 heterocycles. The SMILES string of the molecule is CCS[C@H]1C[C@@H](OCc2ccccc2)[C@H](O[C@H]2O[C@H](COCc3ccccc3)[C@@H](O)[C@H](OCc3ccccc3)[C@H]2OCc2ccccc2)[C@@H](COCc2ccccc2)O1. The van der Waals surface area contributed by atoms with Crippen LogP contribution in [0.3, 0.4) is 0 Å². The Morgan fingerprint density at radius 1 is 0.508 bits per heavy atom.